The van der Waals surface area contributed by atoms with E-state index in [-0.39, 0.29) is 5.92 Å². The highest BCUT2D eigenvalue weighted by molar-refractivity contribution is 7.16. The van der Waals surface area contributed by atoms with E-state index in [0.717, 1.165) is 4.88 Å². The van der Waals surface area contributed by atoms with Crippen LogP contribution in [0, 0.1) is 11.3 Å². The monoisotopic (exact) mass is 235 g/mol. The first-order valence-electron chi connectivity index (χ1n) is 4.22. The number of thiophene rings is 1. The Morgan fingerprint density at radius 1 is 1.40 bits per heavy atom. The molecule has 74 valence electrons. The van der Waals surface area contributed by atoms with Crippen LogP contribution in [0.1, 0.15) is 16.5 Å². The summed E-state index contributed by atoms with van der Waals surface area (Å²) in [4.78, 5) is 8.95. The molecule has 2 aromatic heterocycles. The minimum Gasteiger partial charge on any atom is -0.261 e. The highest BCUT2D eigenvalue weighted by Crippen LogP contribution is 2.30. The molecule has 0 bridgehead atoms. The Kier molecular flexibility index (Phi) is 2.95. The highest BCUT2D eigenvalue weighted by atomic mass is 35.5. The molecule has 0 fully saturated rings. The highest BCUT2D eigenvalue weighted by Gasteiger charge is 2.16. The summed E-state index contributed by atoms with van der Waals surface area (Å²) in [5, 5.41) is 9.09. The number of hydrogen-bond acceptors (Lipinski definition) is 4. The molecule has 0 aliphatic carbocycles. The minimum absolute atomic E-state index is 0.379. The van der Waals surface area contributed by atoms with Crippen molar-refractivity contribution in [2.45, 2.75) is 5.92 Å². The number of aromatic nitrogens is 2. The van der Waals surface area contributed by atoms with Gasteiger partial charge in [-0.2, -0.15) is 5.26 Å². The van der Waals surface area contributed by atoms with Gasteiger partial charge in [-0.05, 0) is 12.1 Å². The van der Waals surface area contributed by atoms with Crippen molar-refractivity contribution in [2.24, 2.45) is 0 Å². The molecule has 0 aliphatic heterocycles. The van der Waals surface area contributed by atoms with Crippen molar-refractivity contribution in [3.05, 3.63) is 45.6 Å². The third-order valence-electron chi connectivity index (χ3n) is 1.89. The standard InChI is InChI=1S/C10H6ClN3S/c11-10-2-1-9(15-10)7(5-12)8-6-13-3-4-14-8/h1-4,6-7H. The lowest BCUT2D eigenvalue weighted by Gasteiger charge is -2.03. The van der Waals surface area contributed by atoms with Crippen LogP contribution in [0.3, 0.4) is 0 Å². The minimum atomic E-state index is -0.379. The van der Waals surface area contributed by atoms with Crippen LogP contribution in [-0.4, -0.2) is 9.97 Å². The predicted octanol–water partition coefficient (Wildman–Crippen LogP) is 2.85. The molecule has 0 amide bonds. The summed E-state index contributed by atoms with van der Waals surface area (Å²) in [6.07, 6.45) is 4.76. The Balaban J connectivity index is 2.38. The first-order chi connectivity index (χ1) is 7.31. The van der Waals surface area contributed by atoms with Crippen LogP contribution in [0.25, 0.3) is 0 Å². The van der Waals surface area contributed by atoms with E-state index in [1.165, 1.54) is 11.3 Å². The second-order valence-corrected chi connectivity index (χ2v) is 4.58. The summed E-state index contributed by atoms with van der Waals surface area (Å²) < 4.78 is 0.675. The van der Waals surface area contributed by atoms with Crippen LogP contribution in [0.15, 0.2) is 30.7 Å². The van der Waals surface area contributed by atoms with Gasteiger partial charge in [0.25, 0.3) is 0 Å². The summed E-state index contributed by atoms with van der Waals surface area (Å²) in [5.74, 6) is -0.379. The quantitative estimate of drug-likeness (QED) is 0.804. The van der Waals surface area contributed by atoms with Gasteiger partial charge in [0.2, 0.25) is 0 Å². The molecule has 0 N–H and O–H groups in total. The third-order valence-corrected chi connectivity index (χ3v) is 3.18. The van der Waals surface area contributed by atoms with Crippen LogP contribution >= 0.6 is 22.9 Å². The zero-order valence-corrected chi connectivity index (χ0v) is 9.16. The van der Waals surface area contributed by atoms with Crippen molar-refractivity contribution in [2.75, 3.05) is 0 Å². The molecule has 15 heavy (non-hydrogen) atoms. The van der Waals surface area contributed by atoms with E-state index in [1.54, 1.807) is 24.7 Å². The van der Waals surface area contributed by atoms with Gasteiger partial charge in [-0.3, -0.25) is 9.97 Å². The van der Waals surface area contributed by atoms with E-state index in [9.17, 15) is 0 Å². The van der Waals surface area contributed by atoms with Gasteiger partial charge in [0.05, 0.1) is 22.3 Å². The second kappa shape index (κ2) is 4.39. The van der Waals surface area contributed by atoms with Gasteiger partial charge in [-0.1, -0.05) is 11.6 Å². The summed E-state index contributed by atoms with van der Waals surface area (Å²) in [5.41, 5.74) is 0.651. The molecule has 1 atom stereocenters. The zero-order chi connectivity index (χ0) is 10.7. The summed E-state index contributed by atoms with van der Waals surface area (Å²) >= 11 is 7.21. The second-order valence-electron chi connectivity index (χ2n) is 2.83. The number of nitrogens with zero attached hydrogens (tertiary/aromatic N) is 3. The van der Waals surface area contributed by atoms with Gasteiger partial charge in [-0.15, -0.1) is 11.3 Å². The molecule has 5 heteroatoms. The fourth-order valence-corrected chi connectivity index (χ4v) is 2.34. The first kappa shape index (κ1) is 10.1. The van der Waals surface area contributed by atoms with Crippen molar-refractivity contribution < 1.29 is 0 Å². The summed E-state index contributed by atoms with van der Waals surface area (Å²) in [7, 11) is 0. The van der Waals surface area contributed by atoms with Crippen LogP contribution in [0.2, 0.25) is 4.34 Å². The van der Waals surface area contributed by atoms with E-state index in [2.05, 4.69) is 16.0 Å². The van der Waals surface area contributed by atoms with E-state index < -0.39 is 0 Å². The molecule has 0 spiro atoms. The number of rotatable bonds is 2. The number of nitriles is 1. The maximum absolute atomic E-state index is 9.09. The molecular weight excluding hydrogens is 230 g/mol. The average molecular weight is 236 g/mol. The molecule has 0 aliphatic rings. The summed E-state index contributed by atoms with van der Waals surface area (Å²) in [6, 6.07) is 5.82. The lowest BCUT2D eigenvalue weighted by atomic mass is 10.1. The SMILES string of the molecule is N#CC(c1cnccn1)c1ccc(Cl)s1. The van der Waals surface area contributed by atoms with Crippen LogP contribution < -0.4 is 0 Å². The third kappa shape index (κ3) is 2.14. The number of halogens is 1. The van der Waals surface area contributed by atoms with Crippen molar-refractivity contribution in [3.8, 4) is 6.07 Å². The van der Waals surface area contributed by atoms with Gasteiger partial charge in [0.1, 0.15) is 5.92 Å². The van der Waals surface area contributed by atoms with E-state index in [1.807, 2.05) is 6.07 Å². The van der Waals surface area contributed by atoms with Gasteiger partial charge in [-0.25, -0.2) is 0 Å². The maximum atomic E-state index is 9.09. The Bertz CT molecular complexity index is 489. The van der Waals surface area contributed by atoms with Gasteiger partial charge < -0.3 is 0 Å². The Labute approximate surface area is 96.0 Å². The van der Waals surface area contributed by atoms with E-state index in [4.69, 9.17) is 16.9 Å². The van der Waals surface area contributed by atoms with Crippen LogP contribution in [-0.2, 0) is 0 Å². The number of hydrogen-bond donors (Lipinski definition) is 0. The Hall–Kier alpha value is -1.44. The lowest BCUT2D eigenvalue weighted by Crippen LogP contribution is -1.98. The Morgan fingerprint density at radius 2 is 2.27 bits per heavy atom. The largest absolute Gasteiger partial charge is 0.261 e. The summed E-state index contributed by atoms with van der Waals surface area (Å²) in [6.45, 7) is 0. The topological polar surface area (TPSA) is 49.6 Å². The molecule has 0 saturated carbocycles. The predicted molar refractivity (Wildman–Crippen MR) is 58.8 cm³/mol. The fourth-order valence-electron chi connectivity index (χ4n) is 1.22. The molecule has 2 aromatic rings. The molecule has 3 nitrogen and oxygen atoms in total. The maximum Gasteiger partial charge on any atom is 0.124 e. The van der Waals surface area contributed by atoms with Crippen molar-refractivity contribution in [3.63, 3.8) is 0 Å². The average Bonchev–Trinajstić information content (AvgIpc) is 2.68. The van der Waals surface area contributed by atoms with Crippen molar-refractivity contribution >= 4 is 22.9 Å². The van der Waals surface area contributed by atoms with Gasteiger partial charge in [0, 0.05) is 17.3 Å². The molecular formula is C10H6ClN3S. The van der Waals surface area contributed by atoms with Gasteiger partial charge >= 0.3 is 0 Å². The molecule has 2 rings (SSSR count). The zero-order valence-electron chi connectivity index (χ0n) is 7.59. The van der Waals surface area contributed by atoms with Crippen molar-refractivity contribution in [1.29, 1.82) is 5.26 Å². The fraction of sp³-hybridized carbons (Fsp3) is 0.100. The lowest BCUT2D eigenvalue weighted by molar-refractivity contribution is 0.960. The van der Waals surface area contributed by atoms with Crippen molar-refractivity contribution in [1.82, 2.24) is 9.97 Å². The van der Waals surface area contributed by atoms with E-state index >= 15 is 0 Å². The van der Waals surface area contributed by atoms with Crippen LogP contribution in [0.5, 0.6) is 0 Å². The first-order valence-corrected chi connectivity index (χ1v) is 5.41. The van der Waals surface area contributed by atoms with Crippen LogP contribution in [0.4, 0.5) is 0 Å². The Morgan fingerprint density at radius 3 is 2.80 bits per heavy atom. The molecule has 2 heterocycles. The molecule has 0 radical (unpaired) electrons. The van der Waals surface area contributed by atoms with E-state index in [0.29, 0.717) is 10.0 Å². The molecule has 0 aromatic carbocycles. The smallest absolute Gasteiger partial charge is 0.124 e. The molecule has 1 unspecified atom stereocenters. The van der Waals surface area contributed by atoms with Gasteiger partial charge in [0.15, 0.2) is 0 Å². The molecule has 0 saturated heterocycles. The normalized spacial score (nSPS) is 12.0.